The summed E-state index contributed by atoms with van der Waals surface area (Å²) in [7, 11) is 0. The van der Waals surface area contributed by atoms with E-state index in [1.165, 1.54) is 0 Å². The molecule has 0 atom stereocenters. The zero-order chi connectivity index (χ0) is 28.8. The zero-order valence-corrected chi connectivity index (χ0v) is 22.8. The van der Waals surface area contributed by atoms with Crippen LogP contribution in [0.4, 0.5) is 11.4 Å². The van der Waals surface area contributed by atoms with Gasteiger partial charge in [0.25, 0.3) is 11.8 Å². The molecule has 2 heterocycles. The van der Waals surface area contributed by atoms with Gasteiger partial charge in [0.1, 0.15) is 19.8 Å². The Morgan fingerprint density at radius 1 is 0.854 bits per heavy atom. The number of hydrogen-bond acceptors (Lipinski definition) is 7. The molecular weight excluding hydrogens is 524 g/mol. The lowest BCUT2D eigenvalue weighted by Crippen LogP contribution is -2.27. The van der Waals surface area contributed by atoms with Gasteiger partial charge in [0.05, 0.1) is 12.1 Å². The van der Waals surface area contributed by atoms with Crippen molar-refractivity contribution in [2.24, 2.45) is 0 Å². The van der Waals surface area contributed by atoms with Crippen LogP contribution < -0.4 is 30.2 Å². The van der Waals surface area contributed by atoms with Gasteiger partial charge in [-0.05, 0) is 67.1 Å². The van der Waals surface area contributed by atoms with E-state index in [0.717, 1.165) is 10.9 Å². The summed E-state index contributed by atoms with van der Waals surface area (Å²) in [5.41, 5.74) is 3.52. The summed E-state index contributed by atoms with van der Waals surface area (Å²) in [5, 5.41) is 9.34. The second-order valence-corrected chi connectivity index (χ2v) is 9.41. The first-order chi connectivity index (χ1) is 19.9. The number of amides is 3. The smallest absolute Gasteiger partial charge is 0.255 e. The Kier molecular flexibility index (Phi) is 8.28. The summed E-state index contributed by atoms with van der Waals surface area (Å²) in [6.45, 7) is 5.28. The second kappa shape index (κ2) is 12.4. The Morgan fingerprint density at radius 3 is 2.44 bits per heavy atom. The van der Waals surface area contributed by atoms with Crippen molar-refractivity contribution in [1.29, 1.82) is 0 Å². The van der Waals surface area contributed by atoms with Crippen molar-refractivity contribution in [1.82, 2.24) is 10.3 Å². The minimum Gasteiger partial charge on any atom is -0.486 e. The maximum absolute atomic E-state index is 13.1. The quantitative estimate of drug-likeness (QED) is 0.255. The first-order valence-electron chi connectivity index (χ1n) is 13.3. The molecule has 10 nitrogen and oxygen atoms in total. The molecular formula is C31H30N4O6. The van der Waals surface area contributed by atoms with E-state index in [2.05, 4.69) is 20.9 Å². The monoisotopic (exact) mass is 554 g/mol. The molecule has 1 aliphatic rings. The Morgan fingerprint density at radius 2 is 1.61 bits per heavy atom. The summed E-state index contributed by atoms with van der Waals surface area (Å²) in [5.74, 6) is 0.949. The molecule has 3 aromatic carbocycles. The predicted molar refractivity (Wildman–Crippen MR) is 155 cm³/mol. The Labute approximate surface area is 237 Å². The van der Waals surface area contributed by atoms with E-state index in [1.807, 2.05) is 19.1 Å². The normalized spacial score (nSPS) is 12.0. The van der Waals surface area contributed by atoms with E-state index in [0.29, 0.717) is 78.2 Å². The van der Waals surface area contributed by atoms with Gasteiger partial charge in [-0.1, -0.05) is 13.0 Å². The van der Waals surface area contributed by atoms with Gasteiger partial charge in [0.2, 0.25) is 11.8 Å². The number of pyridine rings is 1. The summed E-state index contributed by atoms with van der Waals surface area (Å²) >= 11 is 0. The number of carbonyl (C=O) groups is 3. The van der Waals surface area contributed by atoms with E-state index < -0.39 is 0 Å². The first-order valence-corrected chi connectivity index (χ1v) is 13.3. The van der Waals surface area contributed by atoms with Crippen molar-refractivity contribution in [3.63, 3.8) is 0 Å². The number of aryl methyl sites for hydroxylation is 1. The lowest BCUT2D eigenvalue weighted by Gasteiger charge is -2.18. The number of hydrogen-bond donors (Lipinski definition) is 3. The van der Waals surface area contributed by atoms with E-state index in [-0.39, 0.29) is 17.7 Å². The third-order valence-electron chi connectivity index (χ3n) is 6.47. The summed E-state index contributed by atoms with van der Waals surface area (Å²) in [6, 6.07) is 19.1. The predicted octanol–water partition coefficient (Wildman–Crippen LogP) is 4.72. The van der Waals surface area contributed by atoms with Crippen LogP contribution in [0.25, 0.3) is 10.9 Å². The molecule has 1 aromatic heterocycles. The van der Waals surface area contributed by atoms with Crippen molar-refractivity contribution in [2.75, 3.05) is 37.0 Å². The van der Waals surface area contributed by atoms with Crippen LogP contribution in [0.2, 0.25) is 0 Å². The van der Waals surface area contributed by atoms with Crippen LogP contribution >= 0.6 is 0 Å². The van der Waals surface area contributed by atoms with Gasteiger partial charge < -0.3 is 30.2 Å². The lowest BCUT2D eigenvalue weighted by atomic mass is 10.1. The van der Waals surface area contributed by atoms with Gasteiger partial charge in [0.15, 0.2) is 11.5 Å². The molecule has 0 radical (unpaired) electrons. The van der Waals surface area contributed by atoms with Crippen LogP contribution in [0.1, 0.15) is 39.6 Å². The minimum absolute atomic E-state index is 0.0332. The number of nitrogens with zero attached hydrogens (tertiary/aromatic N) is 1. The van der Waals surface area contributed by atoms with Gasteiger partial charge in [-0.2, -0.15) is 0 Å². The molecule has 1 aliphatic heterocycles. The summed E-state index contributed by atoms with van der Waals surface area (Å²) < 4.78 is 16.7. The zero-order valence-electron chi connectivity index (χ0n) is 22.8. The highest BCUT2D eigenvalue weighted by atomic mass is 16.6. The van der Waals surface area contributed by atoms with E-state index in [1.54, 1.807) is 61.5 Å². The highest BCUT2D eigenvalue weighted by Gasteiger charge is 2.16. The van der Waals surface area contributed by atoms with Gasteiger partial charge in [-0.3, -0.25) is 14.4 Å². The molecule has 0 aliphatic carbocycles. The third kappa shape index (κ3) is 6.73. The fraction of sp³-hybridized carbons (Fsp3) is 0.226. The number of aromatic nitrogens is 1. The van der Waals surface area contributed by atoms with Gasteiger partial charge >= 0.3 is 0 Å². The topological polar surface area (TPSA) is 128 Å². The highest BCUT2D eigenvalue weighted by Crippen LogP contribution is 2.31. The number of benzene rings is 3. The first kappa shape index (κ1) is 27.4. The van der Waals surface area contributed by atoms with Gasteiger partial charge in [-0.15, -0.1) is 0 Å². The van der Waals surface area contributed by atoms with E-state index in [4.69, 9.17) is 14.2 Å². The molecule has 41 heavy (non-hydrogen) atoms. The Balaban J connectivity index is 1.23. The number of fused-ring (bicyclic) bond motifs is 2. The number of rotatable bonds is 9. The van der Waals surface area contributed by atoms with Crippen LogP contribution in [-0.4, -0.2) is 49.1 Å². The number of anilines is 2. The average Bonchev–Trinajstić information content (AvgIpc) is 3.00. The number of ether oxygens (including phenoxy) is 3. The number of carbonyl (C=O) groups excluding carboxylic acids is 3. The molecule has 0 unspecified atom stereocenters. The lowest BCUT2D eigenvalue weighted by molar-refractivity contribution is -0.120. The van der Waals surface area contributed by atoms with E-state index >= 15 is 0 Å². The summed E-state index contributed by atoms with van der Waals surface area (Å²) in [6.07, 6.45) is 0.425. The van der Waals surface area contributed by atoms with Crippen LogP contribution in [0.5, 0.6) is 17.4 Å². The van der Waals surface area contributed by atoms with Gasteiger partial charge in [0, 0.05) is 40.4 Å². The van der Waals surface area contributed by atoms with Crippen molar-refractivity contribution < 1.29 is 28.6 Å². The summed E-state index contributed by atoms with van der Waals surface area (Å²) in [4.78, 5) is 41.8. The average molecular weight is 555 g/mol. The van der Waals surface area contributed by atoms with Crippen molar-refractivity contribution >= 4 is 40.0 Å². The van der Waals surface area contributed by atoms with Crippen molar-refractivity contribution in [3.05, 3.63) is 83.4 Å². The molecule has 210 valence electrons. The largest absolute Gasteiger partial charge is 0.486 e. The molecule has 0 spiro atoms. The molecule has 5 rings (SSSR count). The van der Waals surface area contributed by atoms with Crippen LogP contribution in [-0.2, 0) is 4.79 Å². The fourth-order valence-electron chi connectivity index (χ4n) is 4.22. The third-order valence-corrected chi connectivity index (χ3v) is 6.47. The van der Waals surface area contributed by atoms with Crippen molar-refractivity contribution in [3.8, 4) is 17.4 Å². The molecule has 0 saturated heterocycles. The standard InChI is InChI=1S/C31H30N4O6/c1-3-28(36)32-12-13-41-29-11-7-20-16-21(5-9-24(20)34-29)31(38)35-25-18-23(8-4-19(25)2)33-30(37)22-6-10-26-27(17-22)40-15-14-39-26/h4-11,16-18H,3,12-15H2,1-2H3,(H,32,36)(H,33,37)(H,35,38). The number of nitrogens with one attached hydrogen (secondary N) is 3. The van der Waals surface area contributed by atoms with E-state index in [9.17, 15) is 14.4 Å². The second-order valence-electron chi connectivity index (χ2n) is 9.41. The molecule has 0 fully saturated rings. The maximum atomic E-state index is 13.1. The van der Waals surface area contributed by atoms with Crippen molar-refractivity contribution in [2.45, 2.75) is 20.3 Å². The minimum atomic E-state index is -0.306. The fourth-order valence-corrected chi connectivity index (χ4v) is 4.22. The molecule has 3 amide bonds. The molecule has 4 aromatic rings. The molecule has 10 heteroatoms. The Bertz CT molecular complexity index is 1620. The van der Waals surface area contributed by atoms with Crippen LogP contribution in [0.3, 0.4) is 0 Å². The van der Waals surface area contributed by atoms with Gasteiger partial charge in [-0.25, -0.2) is 4.98 Å². The SMILES string of the molecule is CCC(=O)NCCOc1ccc2cc(C(=O)Nc3cc(NC(=O)c4ccc5c(c4)OCCO5)ccc3C)ccc2n1. The van der Waals surface area contributed by atoms with Crippen LogP contribution in [0, 0.1) is 6.92 Å². The molecule has 0 bridgehead atoms. The van der Waals surface area contributed by atoms with Crippen LogP contribution in [0.15, 0.2) is 66.7 Å². The molecule has 0 saturated carbocycles. The highest BCUT2D eigenvalue weighted by molar-refractivity contribution is 6.08. The Hall–Kier alpha value is -5.12. The maximum Gasteiger partial charge on any atom is 0.255 e. The molecule has 3 N–H and O–H groups in total.